The first-order valence-electron chi connectivity index (χ1n) is 14.3. The number of thioether (sulfide) groups is 1. The number of likely N-dealkylation sites (N-methyl/N-ethyl adjacent to an activating group) is 1. The third-order valence-electron chi connectivity index (χ3n) is 6.81. The normalized spacial score (nSPS) is 13.4. The zero-order valence-corrected chi connectivity index (χ0v) is 26.7. The Hall–Kier alpha value is -4.43. The molecular formula is C31H42N6O7S. The molecule has 2 aromatic rings. The minimum Gasteiger partial charge on any atom is -0.427 e. The van der Waals surface area contributed by atoms with E-state index in [0.717, 1.165) is 11.1 Å². The number of primary amides is 1. The molecule has 2 aromatic carbocycles. The van der Waals surface area contributed by atoms with Crippen LogP contribution >= 0.6 is 11.8 Å². The molecule has 14 heteroatoms. The molecule has 0 aromatic heterocycles. The Labute approximate surface area is 267 Å². The zero-order chi connectivity index (χ0) is 33.5. The fourth-order valence-electron chi connectivity index (χ4n) is 4.36. The molecule has 244 valence electrons. The van der Waals surface area contributed by atoms with E-state index in [1.54, 1.807) is 48.5 Å². The molecule has 7 N–H and O–H groups in total. The first-order valence-corrected chi connectivity index (χ1v) is 15.7. The van der Waals surface area contributed by atoms with Gasteiger partial charge in [0.2, 0.25) is 29.5 Å². The number of nitrogens with zero attached hydrogens (tertiary/aromatic N) is 1. The molecule has 0 bridgehead atoms. The number of carbonyl (C=O) groups excluding carboxylic acids is 6. The fourth-order valence-corrected chi connectivity index (χ4v) is 4.82. The average molecular weight is 643 g/mol. The van der Waals surface area contributed by atoms with Gasteiger partial charge in [0.15, 0.2) is 0 Å². The topological polar surface area (TPSA) is 203 Å². The molecule has 0 aliphatic heterocycles. The molecule has 5 amide bonds. The number of esters is 1. The van der Waals surface area contributed by atoms with Gasteiger partial charge >= 0.3 is 5.97 Å². The predicted octanol–water partition coefficient (Wildman–Crippen LogP) is -0.104. The Morgan fingerprint density at radius 1 is 0.911 bits per heavy atom. The summed E-state index contributed by atoms with van der Waals surface area (Å²) >= 11 is 1.51. The number of nitrogens with two attached hydrogens (primary N) is 2. The molecule has 0 aliphatic carbocycles. The first kappa shape index (κ1) is 36.8. The highest BCUT2D eigenvalue weighted by Crippen LogP contribution is 2.14. The van der Waals surface area contributed by atoms with Gasteiger partial charge in [-0.15, -0.1) is 0 Å². The third-order valence-corrected chi connectivity index (χ3v) is 7.45. The second kappa shape index (κ2) is 18.4. The van der Waals surface area contributed by atoms with Gasteiger partial charge in [-0.1, -0.05) is 42.5 Å². The van der Waals surface area contributed by atoms with Crippen LogP contribution in [-0.4, -0.2) is 90.2 Å². The third kappa shape index (κ3) is 12.6. The van der Waals surface area contributed by atoms with E-state index in [1.807, 2.05) is 12.3 Å². The standard InChI is InChI=1S/C31H42N6O7S/c1-19(35-30(42)24(32)16-22-10-12-23(13-11-22)44-20(2)38)29(41)34-18-27(39)36-25(17-21-8-6-5-7-9-21)31(43)37(3)26(28(33)40)14-15-45-4/h5-13,19,24-26H,14-18,32H2,1-4H3,(H2,33,40)(H,34,41)(H,35,42)(H,36,39)/t19-,24+,25+,26+/m1/s1. The van der Waals surface area contributed by atoms with Crippen molar-refractivity contribution >= 4 is 47.3 Å². The molecule has 45 heavy (non-hydrogen) atoms. The van der Waals surface area contributed by atoms with Gasteiger partial charge in [-0.25, -0.2) is 0 Å². The maximum absolute atomic E-state index is 13.4. The maximum atomic E-state index is 13.4. The summed E-state index contributed by atoms with van der Waals surface area (Å²) in [6.45, 7) is 2.27. The van der Waals surface area contributed by atoms with Crippen molar-refractivity contribution in [1.29, 1.82) is 0 Å². The largest absolute Gasteiger partial charge is 0.427 e. The van der Waals surface area contributed by atoms with Crippen LogP contribution in [0.25, 0.3) is 0 Å². The van der Waals surface area contributed by atoms with Crippen molar-refractivity contribution < 1.29 is 33.5 Å². The highest BCUT2D eigenvalue weighted by atomic mass is 32.2. The second-order valence-corrected chi connectivity index (χ2v) is 11.4. The van der Waals surface area contributed by atoms with Crippen LogP contribution in [0.2, 0.25) is 0 Å². The summed E-state index contributed by atoms with van der Waals surface area (Å²) in [6.07, 6.45) is 2.55. The Bertz CT molecular complexity index is 1330. The molecule has 4 atom stereocenters. The van der Waals surface area contributed by atoms with Gasteiger partial charge < -0.3 is 37.1 Å². The van der Waals surface area contributed by atoms with Crippen LogP contribution in [-0.2, 0) is 41.6 Å². The van der Waals surface area contributed by atoms with Gasteiger partial charge in [-0.05, 0) is 55.0 Å². The Morgan fingerprint density at radius 3 is 2.11 bits per heavy atom. The van der Waals surface area contributed by atoms with Crippen LogP contribution in [0.5, 0.6) is 5.75 Å². The molecule has 2 rings (SSSR count). The minimum absolute atomic E-state index is 0.147. The lowest BCUT2D eigenvalue weighted by Crippen LogP contribution is -2.56. The van der Waals surface area contributed by atoms with E-state index in [-0.39, 0.29) is 12.8 Å². The Balaban J connectivity index is 1.96. The van der Waals surface area contributed by atoms with E-state index >= 15 is 0 Å². The summed E-state index contributed by atoms with van der Waals surface area (Å²) < 4.78 is 4.98. The highest BCUT2D eigenvalue weighted by molar-refractivity contribution is 7.98. The molecule has 0 spiro atoms. The number of amides is 5. The molecule has 0 heterocycles. The van der Waals surface area contributed by atoms with Crippen LogP contribution in [0.15, 0.2) is 54.6 Å². The Morgan fingerprint density at radius 2 is 1.53 bits per heavy atom. The lowest BCUT2D eigenvalue weighted by Gasteiger charge is -2.30. The van der Waals surface area contributed by atoms with E-state index in [4.69, 9.17) is 16.2 Å². The van der Waals surface area contributed by atoms with Gasteiger partial charge in [0.05, 0.1) is 12.6 Å². The number of ether oxygens (including phenoxy) is 1. The predicted molar refractivity (Wildman–Crippen MR) is 171 cm³/mol. The lowest BCUT2D eigenvalue weighted by molar-refractivity contribution is -0.141. The van der Waals surface area contributed by atoms with Gasteiger partial charge in [-0.3, -0.25) is 28.8 Å². The summed E-state index contributed by atoms with van der Waals surface area (Å²) in [5, 5.41) is 7.63. The number of benzene rings is 2. The van der Waals surface area contributed by atoms with Crippen molar-refractivity contribution in [2.45, 2.75) is 57.3 Å². The van der Waals surface area contributed by atoms with Crippen LogP contribution in [0.3, 0.4) is 0 Å². The quantitative estimate of drug-likeness (QED) is 0.115. The first-order chi connectivity index (χ1) is 21.3. The molecule has 0 radical (unpaired) electrons. The summed E-state index contributed by atoms with van der Waals surface area (Å²) in [5.41, 5.74) is 13.1. The Kier molecular flexibility index (Phi) is 15.0. The van der Waals surface area contributed by atoms with E-state index in [9.17, 15) is 28.8 Å². The number of hydrogen-bond acceptors (Lipinski definition) is 9. The summed E-state index contributed by atoms with van der Waals surface area (Å²) in [4.78, 5) is 76.0. The van der Waals surface area contributed by atoms with Crippen LogP contribution in [0.4, 0.5) is 0 Å². The molecule has 0 saturated carbocycles. The molecule has 0 unspecified atom stereocenters. The smallest absolute Gasteiger partial charge is 0.308 e. The van der Waals surface area contributed by atoms with Crippen molar-refractivity contribution in [2.24, 2.45) is 11.5 Å². The molecule has 0 fully saturated rings. The van der Waals surface area contributed by atoms with Crippen LogP contribution in [0, 0.1) is 0 Å². The van der Waals surface area contributed by atoms with Crippen LogP contribution < -0.4 is 32.2 Å². The van der Waals surface area contributed by atoms with E-state index in [1.165, 1.54) is 37.6 Å². The SMILES string of the molecule is CSCC[C@@H](C(N)=O)N(C)C(=O)[C@H](Cc1ccccc1)NC(=O)CNC(=O)[C@@H](C)NC(=O)[C@@H](N)Cc1ccc(OC(C)=O)cc1. The van der Waals surface area contributed by atoms with Crippen molar-refractivity contribution in [3.05, 3.63) is 65.7 Å². The number of carbonyl (C=O) groups is 6. The molecule has 0 aliphatic rings. The molecule has 13 nitrogen and oxygen atoms in total. The highest BCUT2D eigenvalue weighted by Gasteiger charge is 2.31. The van der Waals surface area contributed by atoms with Crippen molar-refractivity contribution in [1.82, 2.24) is 20.9 Å². The van der Waals surface area contributed by atoms with Crippen molar-refractivity contribution in [2.75, 3.05) is 25.6 Å². The van der Waals surface area contributed by atoms with Gasteiger partial charge in [0, 0.05) is 20.4 Å². The molecular weight excluding hydrogens is 600 g/mol. The van der Waals surface area contributed by atoms with Crippen LogP contribution in [0.1, 0.15) is 31.4 Å². The summed E-state index contributed by atoms with van der Waals surface area (Å²) in [7, 11) is 1.47. The summed E-state index contributed by atoms with van der Waals surface area (Å²) in [5.74, 6) is -2.48. The van der Waals surface area contributed by atoms with Crippen molar-refractivity contribution in [3.8, 4) is 5.75 Å². The molecule has 0 saturated heterocycles. The van der Waals surface area contributed by atoms with Gasteiger partial charge in [0.25, 0.3) is 0 Å². The number of rotatable bonds is 17. The van der Waals surface area contributed by atoms with Gasteiger partial charge in [-0.2, -0.15) is 11.8 Å². The van der Waals surface area contributed by atoms with E-state index in [0.29, 0.717) is 17.9 Å². The lowest BCUT2D eigenvalue weighted by atomic mass is 10.0. The number of hydrogen-bond donors (Lipinski definition) is 5. The number of nitrogens with one attached hydrogen (secondary N) is 3. The monoisotopic (exact) mass is 642 g/mol. The fraction of sp³-hybridized carbons (Fsp3) is 0.419. The average Bonchev–Trinajstić information content (AvgIpc) is 3.00. The summed E-state index contributed by atoms with van der Waals surface area (Å²) in [6, 6.07) is 11.7. The minimum atomic E-state index is -1.03. The second-order valence-electron chi connectivity index (χ2n) is 10.5. The van der Waals surface area contributed by atoms with E-state index in [2.05, 4.69) is 16.0 Å². The van der Waals surface area contributed by atoms with Crippen molar-refractivity contribution in [3.63, 3.8) is 0 Å². The van der Waals surface area contributed by atoms with E-state index < -0.39 is 66.2 Å². The maximum Gasteiger partial charge on any atom is 0.308 e. The zero-order valence-electron chi connectivity index (χ0n) is 25.9. The van der Waals surface area contributed by atoms with Gasteiger partial charge in [0.1, 0.15) is 23.9 Å².